The van der Waals surface area contributed by atoms with E-state index in [0.717, 1.165) is 11.1 Å². The van der Waals surface area contributed by atoms with E-state index in [4.69, 9.17) is 23.2 Å². The Kier molecular flexibility index (Phi) is 9.28. The summed E-state index contributed by atoms with van der Waals surface area (Å²) >= 11 is 12.7. The lowest BCUT2D eigenvalue weighted by Crippen LogP contribution is -2.58. The van der Waals surface area contributed by atoms with Crippen molar-refractivity contribution in [3.05, 3.63) is 82.4 Å². The Morgan fingerprint density at radius 3 is 2.29 bits per heavy atom. The number of hydrogen-bond donors (Lipinski definition) is 0. The quantitative estimate of drug-likeness (QED) is 0.308. The lowest BCUT2D eigenvalue weighted by Gasteiger charge is -2.53. The number of halogens is 2. The molecule has 5 atom stereocenters. The third kappa shape index (κ3) is 6.21. The number of hydrogen-bond acceptors (Lipinski definition) is 2. The van der Waals surface area contributed by atoms with Gasteiger partial charge >= 0.3 is 0 Å². The van der Waals surface area contributed by atoms with Gasteiger partial charge < -0.3 is 4.90 Å². The normalized spacial score (nSPS) is 24.6. The number of rotatable bonds is 9. The van der Waals surface area contributed by atoms with Crippen molar-refractivity contribution >= 4 is 39.9 Å². The van der Waals surface area contributed by atoms with Gasteiger partial charge in [0.25, 0.3) is 0 Å². The second-order valence-corrected chi connectivity index (χ2v) is 13.4. The van der Waals surface area contributed by atoms with Gasteiger partial charge in [-0.3, -0.25) is 9.00 Å². The van der Waals surface area contributed by atoms with Gasteiger partial charge in [0, 0.05) is 43.8 Å². The van der Waals surface area contributed by atoms with Crippen LogP contribution >= 0.6 is 23.2 Å². The Labute approximate surface area is 223 Å². The maximum atomic E-state index is 14.4. The van der Waals surface area contributed by atoms with Crippen molar-refractivity contribution in [1.82, 2.24) is 4.90 Å². The third-order valence-electron chi connectivity index (χ3n) is 7.17. The summed E-state index contributed by atoms with van der Waals surface area (Å²) in [7, 11) is -1.06. The molecule has 0 saturated carbocycles. The zero-order chi connectivity index (χ0) is 25.9. The molecule has 3 rings (SSSR count). The summed E-state index contributed by atoms with van der Waals surface area (Å²) in [5.74, 6) is 0.668. The first-order valence-electron chi connectivity index (χ1n) is 12.3. The van der Waals surface area contributed by atoms with E-state index in [2.05, 4.69) is 26.5 Å². The smallest absolute Gasteiger partial charge is 0.229 e. The summed E-state index contributed by atoms with van der Waals surface area (Å²) in [6, 6.07) is 15.3. The van der Waals surface area contributed by atoms with Crippen LogP contribution in [0.2, 0.25) is 10.0 Å². The van der Waals surface area contributed by atoms with E-state index < -0.39 is 16.2 Å². The predicted octanol–water partition coefficient (Wildman–Crippen LogP) is 7.81. The van der Waals surface area contributed by atoms with Crippen LogP contribution in [0.15, 0.2) is 61.2 Å². The standard InChI is InChI=1S/C29H37Cl2NO2S/c1-7-15-29(6)17-25(22-9-8-10-24(31)16-22)27(21-11-13-23(30)14-12-21)32(28(29)33)26(19(2)3)18-35(34)20(4)5/h7-14,16,19-20,25-27H,1,15,17-18H2,2-6H3/t25-,26-,27-,29+,35?/m1/s1. The van der Waals surface area contributed by atoms with Crippen LogP contribution in [-0.2, 0) is 15.6 Å². The molecular formula is C29H37Cl2NO2S. The van der Waals surface area contributed by atoms with Crippen molar-refractivity contribution in [3.8, 4) is 0 Å². The van der Waals surface area contributed by atoms with Crippen molar-refractivity contribution < 1.29 is 9.00 Å². The maximum absolute atomic E-state index is 14.4. The fraction of sp³-hybridized carbons (Fsp3) is 0.483. The van der Waals surface area contributed by atoms with E-state index >= 15 is 0 Å². The zero-order valence-corrected chi connectivity index (χ0v) is 23.7. The molecule has 0 radical (unpaired) electrons. The molecule has 1 unspecified atom stereocenters. The molecule has 1 amide bonds. The van der Waals surface area contributed by atoms with Crippen LogP contribution < -0.4 is 0 Å². The van der Waals surface area contributed by atoms with E-state index in [1.807, 2.05) is 74.2 Å². The molecule has 1 saturated heterocycles. The van der Waals surface area contributed by atoms with Crippen LogP contribution in [0.4, 0.5) is 0 Å². The minimum atomic E-state index is -1.06. The number of carbonyl (C=O) groups excluding carboxylic acids is 1. The zero-order valence-electron chi connectivity index (χ0n) is 21.3. The molecule has 1 heterocycles. The van der Waals surface area contributed by atoms with E-state index in [1.165, 1.54) is 0 Å². The first kappa shape index (κ1) is 28.0. The van der Waals surface area contributed by atoms with Crippen LogP contribution in [0.25, 0.3) is 0 Å². The van der Waals surface area contributed by atoms with Gasteiger partial charge in [0.1, 0.15) is 0 Å². The van der Waals surface area contributed by atoms with Gasteiger partial charge in [-0.15, -0.1) is 6.58 Å². The van der Waals surface area contributed by atoms with Crippen LogP contribution in [-0.4, -0.2) is 32.1 Å². The number of amides is 1. The van der Waals surface area contributed by atoms with E-state index in [-0.39, 0.29) is 35.1 Å². The molecule has 190 valence electrons. The molecule has 0 N–H and O–H groups in total. The molecular weight excluding hydrogens is 497 g/mol. The molecule has 3 nitrogen and oxygen atoms in total. The number of nitrogens with zero attached hydrogens (tertiary/aromatic N) is 1. The molecule has 0 aliphatic carbocycles. The minimum Gasteiger partial charge on any atom is -0.330 e. The highest BCUT2D eigenvalue weighted by Crippen LogP contribution is 2.52. The SMILES string of the molecule is C=CC[C@@]1(C)C[C@H](c2cccc(Cl)c2)[C@@H](c2ccc(Cl)cc2)N([C@H](CS(=O)C(C)C)C(C)C)C1=O. The molecule has 0 bridgehead atoms. The monoisotopic (exact) mass is 533 g/mol. The molecule has 1 aliphatic heterocycles. The number of benzene rings is 2. The van der Waals surface area contributed by atoms with Gasteiger partial charge in [-0.25, -0.2) is 0 Å². The molecule has 1 fully saturated rings. The van der Waals surface area contributed by atoms with E-state index in [9.17, 15) is 9.00 Å². The highest BCUT2D eigenvalue weighted by molar-refractivity contribution is 7.85. The van der Waals surface area contributed by atoms with Crippen LogP contribution in [0.1, 0.15) is 70.5 Å². The maximum Gasteiger partial charge on any atom is 0.229 e. The average molecular weight is 535 g/mol. The topological polar surface area (TPSA) is 37.4 Å². The Hall–Kier alpha value is -1.62. The van der Waals surface area contributed by atoms with Gasteiger partial charge in [0.2, 0.25) is 5.91 Å². The van der Waals surface area contributed by atoms with Crippen LogP contribution in [0.3, 0.4) is 0 Å². The molecule has 0 aromatic heterocycles. The van der Waals surface area contributed by atoms with Gasteiger partial charge in [0.15, 0.2) is 0 Å². The number of allylic oxidation sites excluding steroid dienone is 1. The number of piperidine rings is 1. The molecule has 35 heavy (non-hydrogen) atoms. The largest absolute Gasteiger partial charge is 0.330 e. The molecule has 2 aromatic carbocycles. The van der Waals surface area contributed by atoms with Crippen molar-refractivity contribution in [1.29, 1.82) is 0 Å². The Bertz CT molecular complexity index is 1070. The Balaban J connectivity index is 2.26. The summed E-state index contributed by atoms with van der Waals surface area (Å²) in [6.45, 7) is 14.2. The van der Waals surface area contributed by atoms with Gasteiger partial charge in [-0.05, 0) is 54.2 Å². The third-order valence-corrected chi connectivity index (χ3v) is 9.38. The lowest BCUT2D eigenvalue weighted by molar-refractivity contribution is -0.155. The van der Waals surface area contributed by atoms with E-state index in [0.29, 0.717) is 28.6 Å². The molecule has 6 heteroatoms. The summed E-state index contributed by atoms with van der Waals surface area (Å²) in [5.41, 5.74) is 1.50. The first-order chi connectivity index (χ1) is 16.5. The molecule has 0 spiro atoms. The Morgan fingerprint density at radius 2 is 1.74 bits per heavy atom. The number of carbonyl (C=O) groups is 1. The van der Waals surface area contributed by atoms with Crippen molar-refractivity contribution in [2.75, 3.05) is 5.75 Å². The van der Waals surface area contributed by atoms with Gasteiger partial charge in [-0.1, -0.05) is 88.2 Å². The highest BCUT2D eigenvalue weighted by atomic mass is 35.5. The fourth-order valence-corrected chi connectivity index (χ4v) is 6.80. The van der Waals surface area contributed by atoms with Crippen LogP contribution in [0, 0.1) is 11.3 Å². The summed E-state index contributed by atoms with van der Waals surface area (Å²) < 4.78 is 13.1. The molecule has 2 aromatic rings. The predicted molar refractivity (Wildman–Crippen MR) is 150 cm³/mol. The first-order valence-corrected chi connectivity index (χ1v) is 14.4. The summed E-state index contributed by atoms with van der Waals surface area (Å²) in [5, 5.41) is 1.35. The van der Waals surface area contributed by atoms with Gasteiger partial charge in [0.05, 0.1) is 11.5 Å². The fourth-order valence-electron chi connectivity index (χ4n) is 5.21. The summed E-state index contributed by atoms with van der Waals surface area (Å²) in [6.07, 6.45) is 3.08. The second kappa shape index (κ2) is 11.6. The van der Waals surface area contributed by atoms with Crippen molar-refractivity contribution in [2.24, 2.45) is 11.3 Å². The Morgan fingerprint density at radius 1 is 1.09 bits per heavy atom. The summed E-state index contributed by atoms with van der Waals surface area (Å²) in [4.78, 5) is 16.4. The van der Waals surface area contributed by atoms with Gasteiger partial charge in [-0.2, -0.15) is 0 Å². The second-order valence-electron chi connectivity index (χ2n) is 10.5. The molecule has 1 aliphatic rings. The minimum absolute atomic E-state index is 0.00580. The van der Waals surface area contributed by atoms with Crippen molar-refractivity contribution in [3.63, 3.8) is 0 Å². The van der Waals surface area contributed by atoms with E-state index in [1.54, 1.807) is 0 Å². The van der Waals surface area contributed by atoms with Crippen LogP contribution in [0.5, 0.6) is 0 Å². The average Bonchev–Trinajstić information content (AvgIpc) is 2.80. The highest BCUT2D eigenvalue weighted by Gasteiger charge is 2.51. The van der Waals surface area contributed by atoms with Crippen molar-refractivity contribution in [2.45, 2.75) is 70.7 Å². The lowest BCUT2D eigenvalue weighted by atomic mass is 9.67. The number of likely N-dealkylation sites (tertiary alicyclic amines) is 1.